The van der Waals surface area contributed by atoms with Gasteiger partial charge in [-0.1, -0.05) is 13.8 Å². The first-order valence-electron chi connectivity index (χ1n) is 8.80. The molecule has 4 amide bonds. The van der Waals surface area contributed by atoms with Crippen molar-refractivity contribution in [2.45, 2.75) is 44.8 Å². The number of hydrogen-bond acceptors (Lipinski definition) is 4. The molecule has 2 aliphatic heterocycles. The number of benzene rings is 1. The van der Waals surface area contributed by atoms with Gasteiger partial charge in [-0.2, -0.15) is 0 Å². The molecule has 2 atom stereocenters. The number of imide groups is 1. The molecule has 1 aromatic rings. The van der Waals surface area contributed by atoms with Crippen molar-refractivity contribution in [1.82, 2.24) is 15.5 Å². The van der Waals surface area contributed by atoms with E-state index in [2.05, 4.69) is 10.6 Å². The van der Waals surface area contributed by atoms with Crippen LogP contribution in [-0.2, 0) is 15.1 Å². The van der Waals surface area contributed by atoms with Crippen LogP contribution >= 0.6 is 0 Å². The molecular formula is C18H22FN3O4. The number of ether oxygens (including phenoxy) is 1. The normalized spacial score (nSPS) is 23.9. The van der Waals surface area contributed by atoms with E-state index in [0.717, 1.165) is 18.9 Å². The summed E-state index contributed by atoms with van der Waals surface area (Å²) in [5.41, 5.74) is -1.28. The maximum Gasteiger partial charge on any atom is 0.322 e. The van der Waals surface area contributed by atoms with Gasteiger partial charge < -0.3 is 15.0 Å². The molecule has 2 N–H and O–H groups in total. The fourth-order valence-electron chi connectivity index (χ4n) is 3.56. The van der Waals surface area contributed by atoms with Crippen molar-refractivity contribution in [3.63, 3.8) is 0 Å². The third-order valence-corrected chi connectivity index (χ3v) is 4.68. The molecule has 26 heavy (non-hydrogen) atoms. The molecule has 2 aliphatic rings. The van der Waals surface area contributed by atoms with Crippen LogP contribution in [0.15, 0.2) is 18.2 Å². The monoisotopic (exact) mass is 363 g/mol. The van der Waals surface area contributed by atoms with E-state index in [1.165, 1.54) is 12.1 Å². The van der Waals surface area contributed by atoms with E-state index >= 15 is 0 Å². The van der Waals surface area contributed by atoms with Crippen molar-refractivity contribution >= 4 is 17.8 Å². The molecule has 1 spiro atoms. The van der Waals surface area contributed by atoms with E-state index in [-0.39, 0.29) is 23.6 Å². The lowest BCUT2D eigenvalue weighted by Crippen LogP contribution is -2.55. The Morgan fingerprint density at radius 1 is 1.31 bits per heavy atom. The van der Waals surface area contributed by atoms with Gasteiger partial charge in [0.2, 0.25) is 0 Å². The van der Waals surface area contributed by atoms with Gasteiger partial charge in [0.05, 0.1) is 0 Å². The molecule has 7 nitrogen and oxygen atoms in total. The molecule has 1 aromatic carbocycles. The average Bonchev–Trinajstić information content (AvgIpc) is 2.88. The Labute approximate surface area is 150 Å². The molecule has 140 valence electrons. The Morgan fingerprint density at radius 2 is 2.00 bits per heavy atom. The number of carbonyl (C=O) groups excluding carboxylic acids is 3. The molecule has 0 radical (unpaired) electrons. The summed E-state index contributed by atoms with van der Waals surface area (Å²) in [5.74, 6) is -1.17. The SMILES string of the molecule is CCCN(CCC)C(=O)C1CC2(NC(=O)NC2=O)c2cc(F)ccc2O1. The number of fused-ring (bicyclic) bond motifs is 2. The maximum absolute atomic E-state index is 13.8. The second-order valence-electron chi connectivity index (χ2n) is 6.59. The van der Waals surface area contributed by atoms with Crippen LogP contribution in [0.4, 0.5) is 9.18 Å². The molecule has 8 heteroatoms. The Kier molecular flexibility index (Phi) is 4.84. The molecule has 1 saturated heterocycles. The molecule has 0 bridgehead atoms. The fraction of sp³-hybridized carbons (Fsp3) is 0.500. The van der Waals surface area contributed by atoms with E-state index in [9.17, 15) is 18.8 Å². The molecule has 2 heterocycles. The maximum atomic E-state index is 13.8. The van der Waals surface area contributed by atoms with Crippen LogP contribution in [0.3, 0.4) is 0 Å². The lowest BCUT2D eigenvalue weighted by atomic mass is 9.81. The Balaban J connectivity index is 1.99. The minimum Gasteiger partial charge on any atom is -0.480 e. The van der Waals surface area contributed by atoms with Crippen LogP contribution in [0.5, 0.6) is 5.75 Å². The highest BCUT2D eigenvalue weighted by Gasteiger charge is 2.55. The largest absolute Gasteiger partial charge is 0.480 e. The lowest BCUT2D eigenvalue weighted by Gasteiger charge is -2.38. The van der Waals surface area contributed by atoms with Gasteiger partial charge in [-0.05, 0) is 31.0 Å². The van der Waals surface area contributed by atoms with E-state index in [0.29, 0.717) is 13.1 Å². The van der Waals surface area contributed by atoms with E-state index in [1.54, 1.807) is 4.90 Å². The first-order valence-corrected chi connectivity index (χ1v) is 8.80. The Hall–Kier alpha value is -2.64. The average molecular weight is 363 g/mol. The van der Waals surface area contributed by atoms with Gasteiger partial charge in [-0.3, -0.25) is 14.9 Å². The number of nitrogens with one attached hydrogen (secondary N) is 2. The highest BCUT2D eigenvalue weighted by molar-refractivity contribution is 6.08. The summed E-state index contributed by atoms with van der Waals surface area (Å²) in [4.78, 5) is 39.0. The molecule has 0 aromatic heterocycles. The standard InChI is InChI=1S/C18H22FN3O4/c1-3-7-22(8-4-2)15(23)14-10-18(16(24)20-17(25)21-18)12-9-11(19)5-6-13(12)26-14/h5-6,9,14H,3-4,7-8,10H2,1-2H3,(H2,20,21,24,25). The number of nitrogens with zero attached hydrogens (tertiary/aromatic N) is 1. The second kappa shape index (κ2) is 6.93. The molecule has 0 saturated carbocycles. The third-order valence-electron chi connectivity index (χ3n) is 4.68. The summed E-state index contributed by atoms with van der Waals surface area (Å²) >= 11 is 0. The van der Waals surface area contributed by atoms with Crippen LogP contribution in [0.1, 0.15) is 38.7 Å². The summed E-state index contributed by atoms with van der Waals surface area (Å²) in [6, 6.07) is 3.08. The van der Waals surface area contributed by atoms with Crippen molar-refractivity contribution in [2.75, 3.05) is 13.1 Å². The Morgan fingerprint density at radius 3 is 2.58 bits per heavy atom. The van der Waals surface area contributed by atoms with Crippen LogP contribution in [0, 0.1) is 5.82 Å². The van der Waals surface area contributed by atoms with Gasteiger partial charge >= 0.3 is 6.03 Å². The van der Waals surface area contributed by atoms with Gasteiger partial charge in [0.15, 0.2) is 11.6 Å². The zero-order valence-corrected chi connectivity index (χ0v) is 14.8. The zero-order valence-electron chi connectivity index (χ0n) is 14.8. The molecular weight excluding hydrogens is 341 g/mol. The highest BCUT2D eigenvalue weighted by Crippen LogP contribution is 2.42. The quantitative estimate of drug-likeness (QED) is 0.779. The molecule has 3 rings (SSSR count). The van der Waals surface area contributed by atoms with Gasteiger partial charge in [0.1, 0.15) is 11.6 Å². The fourth-order valence-corrected chi connectivity index (χ4v) is 3.56. The first kappa shape index (κ1) is 18.2. The molecule has 1 fully saturated rings. The third kappa shape index (κ3) is 3.00. The van der Waals surface area contributed by atoms with Crippen LogP contribution in [0.25, 0.3) is 0 Å². The van der Waals surface area contributed by atoms with E-state index in [4.69, 9.17) is 4.74 Å². The van der Waals surface area contributed by atoms with Gasteiger partial charge in [0.25, 0.3) is 11.8 Å². The predicted molar refractivity (Wildman–Crippen MR) is 90.9 cm³/mol. The summed E-state index contributed by atoms with van der Waals surface area (Å²) in [5, 5.41) is 4.76. The smallest absolute Gasteiger partial charge is 0.322 e. The van der Waals surface area contributed by atoms with Crippen molar-refractivity contribution in [2.24, 2.45) is 0 Å². The van der Waals surface area contributed by atoms with Crippen LogP contribution in [0.2, 0.25) is 0 Å². The Bertz CT molecular complexity index is 748. The van der Waals surface area contributed by atoms with Crippen LogP contribution in [-0.4, -0.2) is 41.9 Å². The number of urea groups is 1. The minimum atomic E-state index is -1.50. The summed E-state index contributed by atoms with van der Waals surface area (Å²) < 4.78 is 19.6. The van der Waals surface area contributed by atoms with Crippen molar-refractivity contribution in [3.8, 4) is 5.75 Å². The number of hydrogen-bond donors (Lipinski definition) is 2. The summed E-state index contributed by atoms with van der Waals surface area (Å²) in [6.07, 6.45) is 0.574. The highest BCUT2D eigenvalue weighted by atomic mass is 19.1. The van der Waals surface area contributed by atoms with Crippen molar-refractivity contribution in [1.29, 1.82) is 0 Å². The lowest BCUT2D eigenvalue weighted by molar-refractivity contribution is -0.142. The van der Waals surface area contributed by atoms with Gasteiger partial charge in [-0.25, -0.2) is 9.18 Å². The van der Waals surface area contributed by atoms with Gasteiger partial charge in [0, 0.05) is 25.1 Å². The number of halogens is 1. The first-order chi connectivity index (χ1) is 12.4. The number of rotatable bonds is 5. The second-order valence-corrected chi connectivity index (χ2v) is 6.59. The van der Waals surface area contributed by atoms with E-state index in [1.807, 2.05) is 13.8 Å². The van der Waals surface area contributed by atoms with Crippen molar-refractivity contribution < 1.29 is 23.5 Å². The zero-order chi connectivity index (χ0) is 18.9. The van der Waals surface area contributed by atoms with E-state index < -0.39 is 29.4 Å². The van der Waals surface area contributed by atoms with Gasteiger partial charge in [-0.15, -0.1) is 0 Å². The van der Waals surface area contributed by atoms with Crippen LogP contribution < -0.4 is 15.4 Å². The minimum absolute atomic E-state index is 0.0796. The number of amides is 4. The summed E-state index contributed by atoms with van der Waals surface area (Å²) in [7, 11) is 0. The molecule has 2 unspecified atom stereocenters. The predicted octanol–water partition coefficient (Wildman–Crippen LogP) is 1.66. The molecule has 0 aliphatic carbocycles. The number of carbonyl (C=O) groups is 3. The summed E-state index contributed by atoms with van der Waals surface area (Å²) in [6.45, 7) is 5.10. The van der Waals surface area contributed by atoms with Crippen molar-refractivity contribution in [3.05, 3.63) is 29.6 Å². The topological polar surface area (TPSA) is 87.7 Å².